The third-order valence-electron chi connectivity index (χ3n) is 2.83. The van der Waals surface area contributed by atoms with Gasteiger partial charge in [-0.05, 0) is 34.3 Å². The normalized spacial score (nSPS) is 15.4. The molecule has 0 radical (unpaired) electrons. The summed E-state index contributed by atoms with van der Waals surface area (Å²) in [6, 6.07) is 6.66. The SMILES string of the molecule is CC(C)(C)c1cccc2c1=CCCC=2. The Morgan fingerprint density at radius 1 is 1.00 bits per heavy atom. The summed E-state index contributed by atoms with van der Waals surface area (Å²) in [4.78, 5) is 0. The lowest BCUT2D eigenvalue weighted by Crippen LogP contribution is -2.35. The summed E-state index contributed by atoms with van der Waals surface area (Å²) in [5, 5.41) is 2.88. The van der Waals surface area contributed by atoms with E-state index in [1.54, 1.807) is 0 Å². The van der Waals surface area contributed by atoms with Gasteiger partial charge in [0.2, 0.25) is 0 Å². The molecule has 0 fully saturated rings. The van der Waals surface area contributed by atoms with Crippen LogP contribution in [0.5, 0.6) is 0 Å². The van der Waals surface area contributed by atoms with Gasteiger partial charge in [-0.3, -0.25) is 0 Å². The molecule has 0 saturated carbocycles. The van der Waals surface area contributed by atoms with Gasteiger partial charge >= 0.3 is 0 Å². The molecule has 74 valence electrons. The van der Waals surface area contributed by atoms with Gasteiger partial charge in [-0.1, -0.05) is 51.1 Å². The summed E-state index contributed by atoms with van der Waals surface area (Å²) in [6.45, 7) is 6.85. The molecule has 0 saturated heterocycles. The van der Waals surface area contributed by atoms with Gasteiger partial charge in [-0.25, -0.2) is 0 Å². The Labute approximate surface area is 86.0 Å². The molecule has 0 bridgehead atoms. The second-order valence-electron chi connectivity index (χ2n) is 5.04. The van der Waals surface area contributed by atoms with E-state index in [4.69, 9.17) is 0 Å². The Morgan fingerprint density at radius 2 is 1.71 bits per heavy atom. The smallest absolute Gasteiger partial charge is 0.0126 e. The molecule has 1 aliphatic rings. The zero-order chi connectivity index (χ0) is 10.2. The molecule has 0 aliphatic heterocycles. The average molecular weight is 186 g/mol. The molecule has 0 nitrogen and oxygen atoms in total. The fourth-order valence-corrected chi connectivity index (χ4v) is 2.11. The average Bonchev–Trinajstić information content (AvgIpc) is 2.15. The topological polar surface area (TPSA) is 0 Å². The second kappa shape index (κ2) is 3.27. The van der Waals surface area contributed by atoms with E-state index in [2.05, 4.69) is 51.1 Å². The lowest BCUT2D eigenvalue weighted by molar-refractivity contribution is 0.585. The van der Waals surface area contributed by atoms with E-state index in [0.717, 1.165) is 0 Å². The monoisotopic (exact) mass is 186 g/mol. The molecule has 0 heterocycles. The highest BCUT2D eigenvalue weighted by Gasteiger charge is 2.15. The quantitative estimate of drug-likeness (QED) is 0.583. The Hall–Kier alpha value is -1.04. The molecule has 1 aliphatic carbocycles. The van der Waals surface area contributed by atoms with Gasteiger partial charge in [0.15, 0.2) is 0 Å². The second-order valence-corrected chi connectivity index (χ2v) is 5.04. The molecule has 14 heavy (non-hydrogen) atoms. The van der Waals surface area contributed by atoms with Crippen LogP contribution >= 0.6 is 0 Å². The molecule has 0 aromatic heterocycles. The van der Waals surface area contributed by atoms with Crippen LogP contribution in [0.15, 0.2) is 18.2 Å². The van der Waals surface area contributed by atoms with Crippen molar-refractivity contribution in [2.45, 2.75) is 39.0 Å². The number of hydrogen-bond donors (Lipinski definition) is 0. The van der Waals surface area contributed by atoms with E-state index in [1.807, 2.05) is 0 Å². The fourth-order valence-electron chi connectivity index (χ4n) is 2.11. The van der Waals surface area contributed by atoms with Crippen molar-refractivity contribution in [2.24, 2.45) is 0 Å². The highest BCUT2D eigenvalue weighted by Crippen LogP contribution is 2.17. The zero-order valence-corrected chi connectivity index (χ0v) is 9.30. The van der Waals surface area contributed by atoms with Gasteiger partial charge in [0, 0.05) is 0 Å². The molecule has 0 heteroatoms. The first-order valence-corrected chi connectivity index (χ1v) is 5.39. The summed E-state index contributed by atoms with van der Waals surface area (Å²) in [7, 11) is 0. The van der Waals surface area contributed by atoms with Crippen molar-refractivity contribution in [1.82, 2.24) is 0 Å². The largest absolute Gasteiger partial charge is 0.0764 e. The van der Waals surface area contributed by atoms with E-state index >= 15 is 0 Å². The molecule has 2 rings (SSSR count). The maximum Gasteiger partial charge on any atom is -0.0126 e. The minimum absolute atomic E-state index is 0.257. The van der Waals surface area contributed by atoms with Gasteiger partial charge in [-0.2, -0.15) is 0 Å². The Morgan fingerprint density at radius 3 is 2.43 bits per heavy atom. The summed E-state index contributed by atoms with van der Waals surface area (Å²) < 4.78 is 0. The Kier molecular flexibility index (Phi) is 2.22. The summed E-state index contributed by atoms with van der Waals surface area (Å²) in [5.41, 5.74) is 1.73. The molecular weight excluding hydrogens is 168 g/mol. The van der Waals surface area contributed by atoms with Crippen LogP contribution in [0, 0.1) is 0 Å². The molecule has 0 atom stereocenters. The predicted molar refractivity (Wildman–Crippen MR) is 62.6 cm³/mol. The van der Waals surface area contributed by atoms with Gasteiger partial charge in [-0.15, -0.1) is 0 Å². The van der Waals surface area contributed by atoms with E-state index in [-0.39, 0.29) is 5.41 Å². The van der Waals surface area contributed by atoms with Crippen molar-refractivity contribution >= 4 is 12.2 Å². The molecule has 0 N–H and O–H groups in total. The van der Waals surface area contributed by atoms with Crippen LogP contribution < -0.4 is 10.4 Å². The maximum atomic E-state index is 2.38. The number of benzene rings is 1. The molecule has 0 unspecified atom stereocenters. The summed E-state index contributed by atoms with van der Waals surface area (Å²) >= 11 is 0. The number of fused-ring (bicyclic) bond motifs is 1. The van der Waals surface area contributed by atoms with Crippen molar-refractivity contribution < 1.29 is 0 Å². The first-order valence-electron chi connectivity index (χ1n) is 5.39. The first-order chi connectivity index (χ1) is 6.59. The van der Waals surface area contributed by atoms with Gasteiger partial charge in [0.05, 0.1) is 0 Å². The van der Waals surface area contributed by atoms with Gasteiger partial charge in [0.25, 0.3) is 0 Å². The van der Waals surface area contributed by atoms with Crippen molar-refractivity contribution in [3.8, 4) is 0 Å². The zero-order valence-electron chi connectivity index (χ0n) is 9.30. The molecule has 0 amide bonds. The third-order valence-corrected chi connectivity index (χ3v) is 2.83. The van der Waals surface area contributed by atoms with Crippen LogP contribution in [-0.2, 0) is 5.41 Å². The van der Waals surface area contributed by atoms with Crippen molar-refractivity contribution in [3.05, 3.63) is 34.2 Å². The van der Waals surface area contributed by atoms with Crippen LogP contribution in [0.4, 0.5) is 0 Å². The van der Waals surface area contributed by atoms with E-state index in [1.165, 1.54) is 28.8 Å². The van der Waals surface area contributed by atoms with Crippen molar-refractivity contribution in [2.75, 3.05) is 0 Å². The lowest BCUT2D eigenvalue weighted by atomic mass is 9.84. The highest BCUT2D eigenvalue weighted by molar-refractivity contribution is 5.43. The molecule has 1 aromatic rings. The van der Waals surface area contributed by atoms with E-state index < -0.39 is 0 Å². The van der Waals surface area contributed by atoms with Crippen molar-refractivity contribution in [3.63, 3.8) is 0 Å². The van der Waals surface area contributed by atoms with Gasteiger partial charge < -0.3 is 0 Å². The fraction of sp³-hybridized carbons (Fsp3) is 0.429. The van der Waals surface area contributed by atoms with E-state index in [9.17, 15) is 0 Å². The maximum absolute atomic E-state index is 2.38. The predicted octanol–water partition coefficient (Wildman–Crippen LogP) is 2.34. The molecule has 0 spiro atoms. The molecule has 1 aromatic carbocycles. The van der Waals surface area contributed by atoms with Crippen LogP contribution in [0.2, 0.25) is 0 Å². The number of rotatable bonds is 0. The minimum atomic E-state index is 0.257. The van der Waals surface area contributed by atoms with E-state index in [0.29, 0.717) is 0 Å². The van der Waals surface area contributed by atoms with Crippen LogP contribution in [0.3, 0.4) is 0 Å². The van der Waals surface area contributed by atoms with Crippen LogP contribution in [0.25, 0.3) is 12.2 Å². The first kappa shape index (κ1) is 9.51. The highest BCUT2D eigenvalue weighted by atomic mass is 14.2. The van der Waals surface area contributed by atoms with Crippen molar-refractivity contribution in [1.29, 1.82) is 0 Å². The minimum Gasteiger partial charge on any atom is -0.0764 e. The molecular formula is C14H18. The van der Waals surface area contributed by atoms with Crippen LogP contribution in [0.1, 0.15) is 39.2 Å². The Balaban J connectivity index is 2.76. The standard InChI is InChI=1S/C14H18/c1-14(2,3)13-10-6-8-11-7-4-5-9-12(11)13/h6-10H,4-5H2,1-3H3. The Bertz CT molecular complexity index is 444. The number of hydrogen-bond acceptors (Lipinski definition) is 0. The van der Waals surface area contributed by atoms with Gasteiger partial charge in [0.1, 0.15) is 0 Å². The summed E-state index contributed by atoms with van der Waals surface area (Å²) in [6.07, 6.45) is 7.13. The third kappa shape index (κ3) is 1.61. The lowest BCUT2D eigenvalue weighted by Gasteiger charge is -2.21. The summed E-state index contributed by atoms with van der Waals surface area (Å²) in [5.74, 6) is 0. The van der Waals surface area contributed by atoms with Crippen LogP contribution in [-0.4, -0.2) is 0 Å².